The van der Waals surface area contributed by atoms with Gasteiger partial charge in [0.15, 0.2) is 6.61 Å². The van der Waals surface area contributed by atoms with Crippen molar-refractivity contribution in [1.29, 1.82) is 0 Å². The number of rotatable bonds is 7. The third-order valence-corrected chi connectivity index (χ3v) is 5.76. The van der Waals surface area contributed by atoms with Gasteiger partial charge in [-0.15, -0.1) is 5.10 Å². The van der Waals surface area contributed by atoms with Crippen molar-refractivity contribution in [1.82, 2.24) is 14.8 Å². The van der Waals surface area contributed by atoms with E-state index in [1.54, 1.807) is 19.2 Å². The smallest absolute Gasteiger partial charge is 0.264 e. The van der Waals surface area contributed by atoms with E-state index in [2.05, 4.69) is 32.8 Å². The number of fused-ring (bicyclic) bond motifs is 1. The number of carbonyl (C=O) groups is 1. The maximum Gasteiger partial charge on any atom is 0.264 e. The fourth-order valence-corrected chi connectivity index (χ4v) is 4.06. The number of anilines is 2. The lowest BCUT2D eigenvalue weighted by molar-refractivity contribution is -0.118. The largest absolute Gasteiger partial charge is 0.497 e. The molecule has 1 aliphatic rings. The van der Waals surface area contributed by atoms with E-state index in [1.807, 2.05) is 65.3 Å². The topological polar surface area (TPSA) is 90.3 Å². The van der Waals surface area contributed by atoms with Gasteiger partial charge in [0.2, 0.25) is 5.95 Å². The van der Waals surface area contributed by atoms with E-state index in [0.717, 1.165) is 23.3 Å². The fraction of sp³-hybridized carbons (Fsp3) is 0.192. The van der Waals surface area contributed by atoms with Crippen molar-refractivity contribution in [2.75, 3.05) is 24.4 Å². The Hall–Kier alpha value is -4.33. The number of amides is 1. The van der Waals surface area contributed by atoms with Crippen LogP contribution in [0.4, 0.5) is 11.9 Å². The maximum absolute atomic E-state index is 12.4. The van der Waals surface area contributed by atoms with Gasteiger partial charge in [-0.1, -0.05) is 60.7 Å². The number of benzene rings is 3. The van der Waals surface area contributed by atoms with Crippen molar-refractivity contribution in [3.8, 4) is 11.5 Å². The molecule has 1 aromatic heterocycles. The summed E-state index contributed by atoms with van der Waals surface area (Å²) < 4.78 is 12.7. The van der Waals surface area contributed by atoms with Crippen LogP contribution >= 0.6 is 0 Å². The van der Waals surface area contributed by atoms with E-state index in [4.69, 9.17) is 9.47 Å². The predicted molar refractivity (Wildman–Crippen MR) is 129 cm³/mol. The first kappa shape index (κ1) is 21.5. The van der Waals surface area contributed by atoms with Crippen LogP contribution in [0.1, 0.15) is 29.6 Å². The molecule has 0 fully saturated rings. The molecule has 0 saturated carbocycles. The van der Waals surface area contributed by atoms with Gasteiger partial charge in [-0.25, -0.2) is 4.68 Å². The van der Waals surface area contributed by atoms with Crippen LogP contribution in [0.15, 0.2) is 84.9 Å². The number of nitrogens with zero attached hydrogens (tertiary/aromatic N) is 3. The Balaban J connectivity index is 1.38. The maximum atomic E-state index is 12.4. The molecule has 8 heteroatoms. The number of para-hydroxylation sites is 1. The summed E-state index contributed by atoms with van der Waals surface area (Å²) in [4.78, 5) is 17.0. The second kappa shape index (κ2) is 9.66. The first-order valence-electron chi connectivity index (χ1n) is 11.1. The van der Waals surface area contributed by atoms with Crippen LogP contribution in [0.5, 0.6) is 11.5 Å². The van der Waals surface area contributed by atoms with Gasteiger partial charge < -0.3 is 14.8 Å². The molecule has 4 aromatic rings. The Morgan fingerprint density at radius 2 is 1.68 bits per heavy atom. The molecule has 1 amide bonds. The van der Waals surface area contributed by atoms with Gasteiger partial charge in [-0.2, -0.15) is 4.98 Å². The highest BCUT2D eigenvalue weighted by molar-refractivity contribution is 5.90. The van der Waals surface area contributed by atoms with Crippen LogP contribution < -0.4 is 20.1 Å². The molecule has 0 saturated heterocycles. The summed E-state index contributed by atoms with van der Waals surface area (Å²) in [7, 11) is 1.65. The Kier molecular flexibility index (Phi) is 6.11. The monoisotopic (exact) mass is 455 g/mol. The second-order valence-electron chi connectivity index (χ2n) is 7.99. The zero-order valence-corrected chi connectivity index (χ0v) is 18.7. The van der Waals surface area contributed by atoms with Crippen molar-refractivity contribution < 1.29 is 14.3 Å². The molecular formula is C26H25N5O3. The lowest BCUT2D eigenvalue weighted by Crippen LogP contribution is -2.28. The van der Waals surface area contributed by atoms with Gasteiger partial charge in [-0.3, -0.25) is 10.1 Å². The van der Waals surface area contributed by atoms with E-state index in [9.17, 15) is 4.79 Å². The zero-order valence-electron chi connectivity index (χ0n) is 18.7. The molecule has 2 N–H and O–H groups in total. The van der Waals surface area contributed by atoms with Gasteiger partial charge >= 0.3 is 0 Å². The van der Waals surface area contributed by atoms with Crippen LogP contribution in [0.3, 0.4) is 0 Å². The minimum absolute atomic E-state index is 0.0509. The summed E-state index contributed by atoms with van der Waals surface area (Å²) in [6.07, 6.45) is 0.775. The molecule has 5 rings (SSSR count). The van der Waals surface area contributed by atoms with Crippen molar-refractivity contribution in [3.05, 3.63) is 96.1 Å². The van der Waals surface area contributed by atoms with Gasteiger partial charge in [0, 0.05) is 0 Å². The summed E-state index contributed by atoms with van der Waals surface area (Å²) in [6, 6.07) is 27.4. The van der Waals surface area contributed by atoms with Gasteiger partial charge in [-0.05, 0) is 41.8 Å². The Morgan fingerprint density at radius 1 is 0.971 bits per heavy atom. The lowest BCUT2D eigenvalue weighted by atomic mass is 9.93. The number of nitrogens with one attached hydrogen (secondary N) is 2. The van der Waals surface area contributed by atoms with Crippen molar-refractivity contribution in [3.63, 3.8) is 0 Å². The molecule has 0 spiro atoms. The number of hydrogen-bond acceptors (Lipinski definition) is 6. The summed E-state index contributed by atoms with van der Waals surface area (Å²) in [5.74, 6) is 1.92. The van der Waals surface area contributed by atoms with E-state index >= 15 is 0 Å². The van der Waals surface area contributed by atoms with Crippen LogP contribution in [0.2, 0.25) is 0 Å². The quantitative estimate of drug-likeness (QED) is 0.428. The summed E-state index contributed by atoms with van der Waals surface area (Å²) in [5, 5.41) is 10.8. The number of ether oxygens (including phenoxy) is 2. The summed E-state index contributed by atoms with van der Waals surface area (Å²) in [5.41, 5.74) is 2.25. The van der Waals surface area contributed by atoms with Crippen molar-refractivity contribution in [2.24, 2.45) is 0 Å². The van der Waals surface area contributed by atoms with E-state index < -0.39 is 0 Å². The standard InChI is InChI=1S/C26H25N5O3/c1-33-20-14-12-19(13-15-20)23-16-22(18-8-4-2-5-9-18)27-26-29-25(30-31(23)26)28-24(32)17-34-21-10-6-3-7-11-21/h2-15,22-23H,16-17H2,1H3,(H2,27,28,29,30,32)/t22-,23-/m1/s1. The van der Waals surface area contributed by atoms with E-state index in [0.29, 0.717) is 11.7 Å². The Morgan fingerprint density at radius 3 is 2.38 bits per heavy atom. The molecule has 2 atom stereocenters. The molecule has 3 aromatic carbocycles. The molecule has 0 radical (unpaired) electrons. The van der Waals surface area contributed by atoms with E-state index in [1.165, 1.54) is 0 Å². The predicted octanol–water partition coefficient (Wildman–Crippen LogP) is 4.45. The first-order valence-corrected chi connectivity index (χ1v) is 11.1. The first-order chi connectivity index (χ1) is 16.7. The minimum Gasteiger partial charge on any atom is -0.497 e. The third kappa shape index (κ3) is 4.71. The van der Waals surface area contributed by atoms with Gasteiger partial charge in [0.25, 0.3) is 11.9 Å². The average molecular weight is 456 g/mol. The lowest BCUT2D eigenvalue weighted by Gasteiger charge is -2.31. The fourth-order valence-electron chi connectivity index (χ4n) is 4.06. The second-order valence-corrected chi connectivity index (χ2v) is 7.99. The Labute approximate surface area is 197 Å². The molecule has 1 aliphatic heterocycles. The minimum atomic E-state index is -0.326. The van der Waals surface area contributed by atoms with Crippen LogP contribution in [0.25, 0.3) is 0 Å². The highest BCUT2D eigenvalue weighted by Gasteiger charge is 2.31. The molecule has 34 heavy (non-hydrogen) atoms. The van der Waals surface area contributed by atoms with Crippen LogP contribution in [-0.4, -0.2) is 34.4 Å². The molecule has 0 unspecified atom stereocenters. The highest BCUT2D eigenvalue weighted by Crippen LogP contribution is 2.38. The van der Waals surface area contributed by atoms with E-state index in [-0.39, 0.29) is 30.5 Å². The third-order valence-electron chi connectivity index (χ3n) is 5.76. The molecular weight excluding hydrogens is 430 g/mol. The summed E-state index contributed by atoms with van der Waals surface area (Å²) in [6.45, 7) is -0.129. The summed E-state index contributed by atoms with van der Waals surface area (Å²) >= 11 is 0. The zero-order chi connectivity index (χ0) is 23.3. The van der Waals surface area contributed by atoms with Crippen molar-refractivity contribution >= 4 is 17.8 Å². The molecule has 0 bridgehead atoms. The number of aromatic nitrogens is 3. The highest BCUT2D eigenvalue weighted by atomic mass is 16.5. The SMILES string of the molecule is COc1ccc([C@H]2C[C@H](c3ccccc3)Nc3nc(NC(=O)COc4ccccc4)nn32)cc1. The molecule has 172 valence electrons. The molecule has 8 nitrogen and oxygen atoms in total. The normalized spacial score (nSPS) is 16.7. The molecule has 0 aliphatic carbocycles. The van der Waals surface area contributed by atoms with Crippen LogP contribution in [0, 0.1) is 0 Å². The Bertz CT molecular complexity index is 1240. The molecule has 2 heterocycles. The number of methoxy groups -OCH3 is 1. The van der Waals surface area contributed by atoms with Crippen molar-refractivity contribution in [2.45, 2.75) is 18.5 Å². The van der Waals surface area contributed by atoms with Gasteiger partial charge in [0.1, 0.15) is 11.5 Å². The number of carbonyl (C=O) groups excluding carboxylic acids is 1. The average Bonchev–Trinajstić information content (AvgIpc) is 3.30. The van der Waals surface area contributed by atoms with Gasteiger partial charge in [0.05, 0.1) is 19.2 Å². The number of hydrogen-bond donors (Lipinski definition) is 2. The van der Waals surface area contributed by atoms with Crippen LogP contribution in [-0.2, 0) is 4.79 Å².